The predicted octanol–water partition coefficient (Wildman–Crippen LogP) is 2.01. The van der Waals surface area contributed by atoms with Crippen LogP contribution in [0, 0.1) is 0 Å². The highest BCUT2D eigenvalue weighted by Gasteiger charge is 2.08. The third kappa shape index (κ3) is 4.54. The highest BCUT2D eigenvalue weighted by atomic mass is 127. The minimum absolute atomic E-state index is 0. The minimum Gasteiger partial charge on any atom is -0.443 e. The summed E-state index contributed by atoms with van der Waals surface area (Å²) in [7, 11) is 3.56. The fourth-order valence-electron chi connectivity index (χ4n) is 1.94. The standard InChI is InChI=1S/C14H17N7OS.HI/c1-15-14(17-7-12-18-9-19-21(12)2)16-6-10-8-22-13(20-10)11-4-3-5-23-11;/h3-5,8-9H,6-7H2,1-2H3,(H2,15,16,17);1H. The van der Waals surface area contributed by atoms with E-state index in [2.05, 4.69) is 30.7 Å². The van der Waals surface area contributed by atoms with Crippen molar-refractivity contribution >= 4 is 41.3 Å². The summed E-state index contributed by atoms with van der Waals surface area (Å²) in [6.45, 7) is 1.06. The molecule has 0 aromatic carbocycles. The summed E-state index contributed by atoms with van der Waals surface area (Å²) >= 11 is 1.60. The molecule has 8 nitrogen and oxygen atoms in total. The molecule has 0 aliphatic rings. The summed E-state index contributed by atoms with van der Waals surface area (Å²) < 4.78 is 7.20. The molecule has 0 aliphatic heterocycles. The van der Waals surface area contributed by atoms with Gasteiger partial charge >= 0.3 is 0 Å². The summed E-state index contributed by atoms with van der Waals surface area (Å²) in [6, 6.07) is 3.95. The van der Waals surface area contributed by atoms with Crippen LogP contribution in [0.2, 0.25) is 0 Å². The van der Waals surface area contributed by atoms with Crippen molar-refractivity contribution in [3.05, 3.63) is 41.6 Å². The number of aliphatic imine (C=N–C) groups is 1. The van der Waals surface area contributed by atoms with Crippen molar-refractivity contribution in [2.45, 2.75) is 13.1 Å². The first-order valence-corrected chi connectivity index (χ1v) is 7.90. The van der Waals surface area contributed by atoms with Gasteiger partial charge in [0.2, 0.25) is 5.89 Å². The van der Waals surface area contributed by atoms with Crippen LogP contribution in [0.15, 0.2) is 39.5 Å². The third-order valence-corrected chi connectivity index (χ3v) is 4.02. The van der Waals surface area contributed by atoms with E-state index >= 15 is 0 Å². The Morgan fingerprint density at radius 3 is 2.88 bits per heavy atom. The van der Waals surface area contributed by atoms with Gasteiger partial charge in [-0.15, -0.1) is 35.3 Å². The number of halogens is 1. The molecule has 0 radical (unpaired) electrons. The van der Waals surface area contributed by atoms with Gasteiger partial charge in [0.15, 0.2) is 5.96 Å². The van der Waals surface area contributed by atoms with Gasteiger partial charge in [-0.1, -0.05) is 6.07 Å². The topological polar surface area (TPSA) is 93.2 Å². The highest BCUT2D eigenvalue weighted by molar-refractivity contribution is 14.0. The van der Waals surface area contributed by atoms with Crippen molar-refractivity contribution in [3.8, 4) is 10.8 Å². The number of rotatable bonds is 5. The predicted molar refractivity (Wildman–Crippen MR) is 103 cm³/mol. The van der Waals surface area contributed by atoms with E-state index in [1.54, 1.807) is 29.3 Å². The maximum atomic E-state index is 5.49. The Balaban J connectivity index is 0.00000208. The van der Waals surface area contributed by atoms with Gasteiger partial charge in [0.25, 0.3) is 0 Å². The van der Waals surface area contributed by atoms with Crippen LogP contribution in [0.5, 0.6) is 0 Å². The molecule has 0 bridgehead atoms. The molecule has 0 spiro atoms. The summed E-state index contributed by atoms with van der Waals surface area (Å²) in [5.74, 6) is 2.13. The van der Waals surface area contributed by atoms with Gasteiger partial charge in [-0.05, 0) is 11.4 Å². The Morgan fingerprint density at radius 2 is 2.21 bits per heavy atom. The smallest absolute Gasteiger partial charge is 0.236 e. The molecule has 0 saturated heterocycles. The monoisotopic (exact) mass is 459 g/mol. The summed E-state index contributed by atoms with van der Waals surface area (Å²) in [5.41, 5.74) is 0.815. The van der Waals surface area contributed by atoms with Crippen LogP contribution in [0.3, 0.4) is 0 Å². The molecule has 24 heavy (non-hydrogen) atoms. The number of oxazole rings is 1. The zero-order chi connectivity index (χ0) is 16.1. The number of aryl methyl sites for hydroxylation is 1. The van der Waals surface area contributed by atoms with Crippen LogP contribution < -0.4 is 10.6 Å². The van der Waals surface area contributed by atoms with Crippen LogP contribution in [0.1, 0.15) is 11.5 Å². The first-order valence-electron chi connectivity index (χ1n) is 7.02. The van der Waals surface area contributed by atoms with Crippen LogP contribution >= 0.6 is 35.3 Å². The molecule has 0 saturated carbocycles. The Kier molecular flexibility index (Phi) is 6.73. The van der Waals surface area contributed by atoms with Crippen molar-refractivity contribution < 1.29 is 4.42 Å². The van der Waals surface area contributed by atoms with E-state index < -0.39 is 0 Å². The molecule has 0 atom stereocenters. The van der Waals surface area contributed by atoms with Gasteiger partial charge in [-0.25, -0.2) is 9.97 Å². The quantitative estimate of drug-likeness (QED) is 0.345. The average molecular weight is 459 g/mol. The number of thiophene rings is 1. The second-order valence-electron chi connectivity index (χ2n) is 4.70. The Hall–Kier alpha value is -1.95. The van der Waals surface area contributed by atoms with E-state index in [1.165, 1.54) is 6.33 Å². The van der Waals surface area contributed by atoms with Crippen molar-refractivity contribution in [1.82, 2.24) is 30.4 Å². The molecular formula is C14H18IN7OS. The summed E-state index contributed by atoms with van der Waals surface area (Å²) in [4.78, 5) is 13.8. The first kappa shape index (κ1) is 18.4. The number of guanidine groups is 1. The summed E-state index contributed by atoms with van der Waals surface area (Å²) in [6.07, 6.45) is 3.17. The Labute approximate surface area is 160 Å². The molecule has 128 valence electrons. The van der Waals surface area contributed by atoms with Gasteiger partial charge in [-0.2, -0.15) is 5.10 Å². The van der Waals surface area contributed by atoms with E-state index in [9.17, 15) is 0 Å². The van der Waals surface area contributed by atoms with Crippen LogP contribution in [0.4, 0.5) is 0 Å². The maximum absolute atomic E-state index is 5.49. The van der Waals surface area contributed by atoms with Crippen molar-refractivity contribution in [1.29, 1.82) is 0 Å². The molecule has 3 aromatic rings. The first-order chi connectivity index (χ1) is 11.3. The number of nitrogens with zero attached hydrogens (tertiary/aromatic N) is 5. The Bertz CT molecular complexity index is 781. The van der Waals surface area contributed by atoms with E-state index in [4.69, 9.17) is 4.42 Å². The molecule has 0 fully saturated rings. The molecule has 10 heteroatoms. The molecule has 0 unspecified atom stereocenters. The number of nitrogens with one attached hydrogen (secondary N) is 2. The SMILES string of the molecule is CN=C(NCc1coc(-c2cccs2)n1)NCc1ncnn1C.I. The fraction of sp³-hybridized carbons (Fsp3) is 0.286. The number of hydrogen-bond acceptors (Lipinski definition) is 6. The minimum atomic E-state index is 0. The molecule has 3 heterocycles. The third-order valence-electron chi connectivity index (χ3n) is 3.16. The zero-order valence-corrected chi connectivity index (χ0v) is 16.4. The molecular weight excluding hydrogens is 441 g/mol. The lowest BCUT2D eigenvalue weighted by Gasteiger charge is -2.10. The van der Waals surface area contributed by atoms with Crippen LogP contribution in [0.25, 0.3) is 10.8 Å². The van der Waals surface area contributed by atoms with E-state index in [-0.39, 0.29) is 24.0 Å². The van der Waals surface area contributed by atoms with Crippen LogP contribution in [-0.2, 0) is 20.1 Å². The second-order valence-corrected chi connectivity index (χ2v) is 5.65. The van der Waals surface area contributed by atoms with Crippen molar-refractivity contribution in [3.63, 3.8) is 0 Å². The van der Waals surface area contributed by atoms with Gasteiger partial charge in [0.1, 0.15) is 18.4 Å². The lowest BCUT2D eigenvalue weighted by atomic mass is 10.4. The van der Waals surface area contributed by atoms with E-state index in [0.717, 1.165) is 16.4 Å². The lowest BCUT2D eigenvalue weighted by molar-refractivity contribution is 0.573. The van der Waals surface area contributed by atoms with E-state index in [0.29, 0.717) is 24.9 Å². The van der Waals surface area contributed by atoms with Crippen LogP contribution in [-0.4, -0.2) is 32.8 Å². The number of aromatic nitrogens is 4. The average Bonchev–Trinajstić information content (AvgIpc) is 3.28. The number of hydrogen-bond donors (Lipinski definition) is 2. The second kappa shape index (κ2) is 8.78. The summed E-state index contributed by atoms with van der Waals surface area (Å²) in [5, 5.41) is 12.4. The Morgan fingerprint density at radius 1 is 1.38 bits per heavy atom. The molecule has 2 N–H and O–H groups in total. The zero-order valence-electron chi connectivity index (χ0n) is 13.3. The molecule has 3 aromatic heterocycles. The highest BCUT2D eigenvalue weighted by Crippen LogP contribution is 2.23. The maximum Gasteiger partial charge on any atom is 0.236 e. The van der Waals surface area contributed by atoms with Gasteiger partial charge in [0, 0.05) is 14.1 Å². The van der Waals surface area contributed by atoms with E-state index in [1.807, 2.05) is 24.6 Å². The van der Waals surface area contributed by atoms with Gasteiger partial charge in [0.05, 0.1) is 23.7 Å². The molecule has 0 aliphatic carbocycles. The van der Waals surface area contributed by atoms with Gasteiger partial charge < -0.3 is 15.1 Å². The van der Waals surface area contributed by atoms with Crippen molar-refractivity contribution in [2.24, 2.45) is 12.0 Å². The lowest BCUT2D eigenvalue weighted by Crippen LogP contribution is -2.37. The van der Waals surface area contributed by atoms with Crippen molar-refractivity contribution in [2.75, 3.05) is 7.05 Å². The molecule has 0 amide bonds. The normalized spacial score (nSPS) is 11.2. The van der Waals surface area contributed by atoms with Gasteiger partial charge in [-0.3, -0.25) is 9.67 Å². The molecule has 3 rings (SSSR count). The fourth-order valence-corrected chi connectivity index (χ4v) is 2.59. The largest absolute Gasteiger partial charge is 0.443 e.